The van der Waals surface area contributed by atoms with Crippen LogP contribution in [0, 0.1) is 0 Å². The zero-order valence-corrected chi connectivity index (χ0v) is 15.5. The Balaban J connectivity index is 0.00000288. The predicted molar refractivity (Wildman–Crippen MR) is 97.7 cm³/mol. The molecule has 0 saturated carbocycles. The van der Waals surface area contributed by atoms with E-state index in [9.17, 15) is 9.59 Å². The van der Waals surface area contributed by atoms with Crippen LogP contribution in [-0.4, -0.2) is 55.1 Å². The van der Waals surface area contributed by atoms with E-state index in [0.717, 1.165) is 19.3 Å². The predicted octanol–water partition coefficient (Wildman–Crippen LogP) is 1.64. The molecule has 1 aliphatic heterocycles. The molecule has 2 rings (SSSR count). The number of hydrogen-bond acceptors (Lipinski definition) is 5. The van der Waals surface area contributed by atoms with Gasteiger partial charge in [0.05, 0.1) is 11.0 Å². The van der Waals surface area contributed by atoms with Gasteiger partial charge in [-0.25, -0.2) is 0 Å². The lowest BCUT2D eigenvalue weighted by Crippen LogP contribution is -2.50. The number of piperidine rings is 1. The van der Waals surface area contributed by atoms with E-state index in [-0.39, 0.29) is 30.3 Å². The summed E-state index contributed by atoms with van der Waals surface area (Å²) in [6, 6.07) is 3.06. The van der Waals surface area contributed by atoms with Crippen LogP contribution in [0.4, 0.5) is 0 Å². The quantitative estimate of drug-likeness (QED) is 0.709. The van der Waals surface area contributed by atoms with E-state index < -0.39 is 6.04 Å². The van der Waals surface area contributed by atoms with Gasteiger partial charge >= 0.3 is 0 Å². The van der Waals surface area contributed by atoms with E-state index in [1.54, 1.807) is 13.0 Å². The maximum absolute atomic E-state index is 12.4. The van der Waals surface area contributed by atoms with Gasteiger partial charge in [0, 0.05) is 19.7 Å². The van der Waals surface area contributed by atoms with Crippen LogP contribution in [0.25, 0.3) is 0 Å². The molecule has 0 aromatic carbocycles. The van der Waals surface area contributed by atoms with Gasteiger partial charge in [-0.2, -0.15) is 0 Å². The summed E-state index contributed by atoms with van der Waals surface area (Å²) in [7, 11) is 0. The molecule has 2 amide bonds. The fraction of sp³-hybridized carbons (Fsp3) is 0.625. The Morgan fingerprint density at radius 3 is 2.75 bits per heavy atom. The number of carbonyl (C=O) groups excluding carboxylic acids is 2. The molecule has 0 spiro atoms. The fourth-order valence-electron chi connectivity index (χ4n) is 2.59. The van der Waals surface area contributed by atoms with Crippen LogP contribution in [0.1, 0.15) is 35.9 Å². The number of rotatable bonds is 7. The first-order valence-corrected chi connectivity index (χ1v) is 8.94. The SMILES string of the molecule is CC(NC(=O)c1cccs1)C(=O)N1CCC(OCCCN)CC1.Cl. The minimum Gasteiger partial charge on any atom is -0.378 e. The van der Waals surface area contributed by atoms with E-state index in [4.69, 9.17) is 10.5 Å². The standard InChI is InChI=1S/C16H25N3O3S.ClH/c1-12(18-15(20)14-4-2-11-23-14)16(21)19-8-5-13(6-9-19)22-10-3-7-17;/h2,4,11-13H,3,5-10,17H2,1H3,(H,18,20);1H. The summed E-state index contributed by atoms with van der Waals surface area (Å²) >= 11 is 1.37. The number of nitrogens with one attached hydrogen (secondary N) is 1. The first-order chi connectivity index (χ1) is 11.1. The highest BCUT2D eigenvalue weighted by molar-refractivity contribution is 7.12. The van der Waals surface area contributed by atoms with E-state index in [2.05, 4.69) is 5.32 Å². The summed E-state index contributed by atoms with van der Waals surface area (Å²) in [4.78, 5) is 26.9. The number of nitrogens with zero attached hydrogens (tertiary/aromatic N) is 1. The van der Waals surface area contributed by atoms with Crippen molar-refractivity contribution in [1.29, 1.82) is 0 Å². The molecule has 24 heavy (non-hydrogen) atoms. The van der Waals surface area contributed by atoms with Crippen molar-refractivity contribution in [2.45, 2.75) is 38.3 Å². The van der Waals surface area contributed by atoms with Crippen molar-refractivity contribution >= 4 is 35.6 Å². The van der Waals surface area contributed by atoms with Gasteiger partial charge in [0.1, 0.15) is 6.04 Å². The molecule has 3 N–H and O–H groups in total. The molecule has 8 heteroatoms. The monoisotopic (exact) mass is 375 g/mol. The molecule has 0 bridgehead atoms. The third-order valence-corrected chi connectivity index (χ3v) is 4.79. The van der Waals surface area contributed by atoms with Crippen LogP contribution in [0.3, 0.4) is 0 Å². The van der Waals surface area contributed by atoms with Crippen molar-refractivity contribution in [2.24, 2.45) is 5.73 Å². The number of likely N-dealkylation sites (tertiary alicyclic amines) is 1. The van der Waals surface area contributed by atoms with Gasteiger partial charge in [-0.15, -0.1) is 23.7 Å². The van der Waals surface area contributed by atoms with Gasteiger partial charge in [0.25, 0.3) is 5.91 Å². The third kappa shape index (κ3) is 6.05. The van der Waals surface area contributed by atoms with Gasteiger partial charge in [0.15, 0.2) is 0 Å². The van der Waals surface area contributed by atoms with Crippen LogP contribution < -0.4 is 11.1 Å². The molecule has 1 aromatic heterocycles. The van der Waals surface area contributed by atoms with Crippen LogP contribution in [0.15, 0.2) is 17.5 Å². The Morgan fingerprint density at radius 2 is 2.17 bits per heavy atom. The summed E-state index contributed by atoms with van der Waals surface area (Å²) in [6.45, 7) is 4.40. The highest BCUT2D eigenvalue weighted by Gasteiger charge is 2.27. The van der Waals surface area contributed by atoms with Gasteiger partial charge in [-0.1, -0.05) is 6.07 Å². The first-order valence-electron chi connectivity index (χ1n) is 8.06. The molecule has 1 fully saturated rings. The molecule has 6 nitrogen and oxygen atoms in total. The normalized spacial score (nSPS) is 16.3. The van der Waals surface area contributed by atoms with Crippen molar-refractivity contribution in [2.75, 3.05) is 26.2 Å². The summed E-state index contributed by atoms with van der Waals surface area (Å²) in [5.41, 5.74) is 5.45. The topological polar surface area (TPSA) is 84.7 Å². The molecular weight excluding hydrogens is 350 g/mol. The number of halogens is 1. The molecule has 2 heterocycles. The van der Waals surface area contributed by atoms with Crippen LogP contribution in [0.2, 0.25) is 0 Å². The highest BCUT2D eigenvalue weighted by Crippen LogP contribution is 2.15. The van der Waals surface area contributed by atoms with Crippen molar-refractivity contribution in [3.63, 3.8) is 0 Å². The Labute approximate surface area is 153 Å². The Bertz CT molecular complexity index is 505. The molecule has 1 atom stereocenters. The van der Waals surface area contributed by atoms with Crippen molar-refractivity contribution in [3.05, 3.63) is 22.4 Å². The number of amides is 2. The smallest absolute Gasteiger partial charge is 0.261 e. The number of nitrogens with two attached hydrogens (primary N) is 1. The zero-order valence-electron chi connectivity index (χ0n) is 13.9. The molecule has 0 aliphatic carbocycles. The second kappa shape index (κ2) is 10.7. The molecule has 0 radical (unpaired) electrons. The van der Waals surface area contributed by atoms with Crippen molar-refractivity contribution < 1.29 is 14.3 Å². The van der Waals surface area contributed by atoms with E-state index in [1.165, 1.54) is 11.3 Å². The molecule has 1 unspecified atom stereocenters. The zero-order chi connectivity index (χ0) is 16.7. The lowest BCUT2D eigenvalue weighted by Gasteiger charge is -2.33. The summed E-state index contributed by atoms with van der Waals surface area (Å²) in [5, 5.41) is 4.61. The van der Waals surface area contributed by atoms with E-state index >= 15 is 0 Å². The van der Waals surface area contributed by atoms with E-state index in [0.29, 0.717) is 31.1 Å². The molecule has 1 saturated heterocycles. The average Bonchev–Trinajstić information content (AvgIpc) is 3.09. The van der Waals surface area contributed by atoms with E-state index in [1.807, 2.05) is 16.3 Å². The maximum atomic E-state index is 12.4. The molecule has 1 aromatic rings. The minimum absolute atomic E-state index is 0. The molecule has 1 aliphatic rings. The Hall–Kier alpha value is -1.15. The fourth-order valence-corrected chi connectivity index (χ4v) is 3.21. The second-order valence-corrected chi connectivity index (χ2v) is 6.66. The summed E-state index contributed by atoms with van der Waals surface area (Å²) in [5.74, 6) is -0.226. The maximum Gasteiger partial charge on any atom is 0.261 e. The Kier molecular flexibility index (Phi) is 9.28. The molecule has 136 valence electrons. The number of carbonyl (C=O) groups is 2. The number of thiophene rings is 1. The number of hydrogen-bond donors (Lipinski definition) is 2. The van der Waals surface area contributed by atoms with Crippen LogP contribution in [0.5, 0.6) is 0 Å². The lowest BCUT2D eigenvalue weighted by molar-refractivity contribution is -0.135. The summed E-state index contributed by atoms with van der Waals surface area (Å²) in [6.07, 6.45) is 2.75. The third-order valence-electron chi connectivity index (χ3n) is 3.92. The second-order valence-electron chi connectivity index (χ2n) is 5.71. The van der Waals surface area contributed by atoms with Crippen molar-refractivity contribution in [1.82, 2.24) is 10.2 Å². The number of ether oxygens (including phenoxy) is 1. The summed E-state index contributed by atoms with van der Waals surface area (Å²) < 4.78 is 5.74. The first kappa shape index (κ1) is 20.9. The largest absolute Gasteiger partial charge is 0.378 e. The molecular formula is C16H26ClN3O3S. The van der Waals surface area contributed by atoms with Gasteiger partial charge in [0.2, 0.25) is 5.91 Å². The van der Waals surface area contributed by atoms with Gasteiger partial charge < -0.3 is 20.7 Å². The lowest BCUT2D eigenvalue weighted by atomic mass is 10.1. The minimum atomic E-state index is -0.515. The highest BCUT2D eigenvalue weighted by atomic mass is 35.5. The average molecular weight is 376 g/mol. The van der Waals surface area contributed by atoms with Gasteiger partial charge in [-0.3, -0.25) is 9.59 Å². The van der Waals surface area contributed by atoms with Crippen molar-refractivity contribution in [3.8, 4) is 0 Å². The Morgan fingerprint density at radius 1 is 1.46 bits per heavy atom. The van der Waals surface area contributed by atoms with Crippen LogP contribution in [-0.2, 0) is 9.53 Å². The van der Waals surface area contributed by atoms with Crippen LogP contribution >= 0.6 is 23.7 Å². The van der Waals surface area contributed by atoms with Gasteiger partial charge in [-0.05, 0) is 44.2 Å².